The van der Waals surface area contributed by atoms with Gasteiger partial charge in [0, 0.05) is 46.6 Å². The number of nitrogen functional groups attached to an aromatic ring is 1. The molecule has 0 saturated heterocycles. The van der Waals surface area contributed by atoms with Gasteiger partial charge >= 0.3 is 0 Å². The zero-order valence-corrected chi connectivity index (χ0v) is 15.0. The number of nitriles is 1. The molecule has 2 aromatic rings. The molecule has 0 radical (unpaired) electrons. The average molecular weight is 352 g/mol. The van der Waals surface area contributed by atoms with E-state index < -0.39 is 0 Å². The number of rotatable bonds is 3. The van der Waals surface area contributed by atoms with Gasteiger partial charge in [-0.1, -0.05) is 18.8 Å². The summed E-state index contributed by atoms with van der Waals surface area (Å²) in [6.07, 6.45) is 1.94. The zero-order chi connectivity index (χ0) is 17.8. The minimum absolute atomic E-state index is 0.168. The molecule has 0 fully saturated rings. The number of nitrogens with zero attached hydrogens (tertiary/aromatic N) is 3. The van der Waals surface area contributed by atoms with E-state index in [4.69, 9.17) is 10.8 Å². The smallest absolute Gasteiger partial charge is 0.142 e. The van der Waals surface area contributed by atoms with Crippen LogP contribution >= 0.6 is 11.3 Å². The Kier molecular flexibility index (Phi) is 5.35. The highest BCUT2D eigenvalue weighted by Crippen LogP contribution is 2.38. The first kappa shape index (κ1) is 17.4. The van der Waals surface area contributed by atoms with Gasteiger partial charge in [0.15, 0.2) is 0 Å². The molecule has 2 aromatic heterocycles. The molecule has 6 heteroatoms. The maximum absolute atomic E-state index is 9.64. The van der Waals surface area contributed by atoms with Gasteiger partial charge in [-0.2, -0.15) is 5.26 Å². The average Bonchev–Trinajstić information content (AvgIpc) is 3.07. The van der Waals surface area contributed by atoms with Crippen molar-refractivity contribution in [3.8, 4) is 28.4 Å². The number of anilines is 1. The van der Waals surface area contributed by atoms with Crippen molar-refractivity contribution < 1.29 is 5.11 Å². The molecule has 0 atom stereocenters. The molecular formula is C19H20N4OS. The SMILES string of the molecule is CCCN1CCc2nc(N)c(C#N)c(-c3cc(C#CCO)cs3)c2C1. The molecule has 0 saturated carbocycles. The van der Waals surface area contributed by atoms with Crippen LogP contribution in [0.1, 0.15) is 35.7 Å². The van der Waals surface area contributed by atoms with Crippen LogP contribution in [0.15, 0.2) is 11.4 Å². The normalized spacial score (nSPS) is 13.6. The molecular weight excluding hydrogens is 332 g/mol. The molecule has 3 heterocycles. The number of aliphatic hydroxyl groups is 1. The van der Waals surface area contributed by atoms with Gasteiger partial charge in [-0.15, -0.1) is 11.3 Å². The molecule has 0 unspecified atom stereocenters. The molecule has 128 valence electrons. The quantitative estimate of drug-likeness (QED) is 0.828. The molecule has 1 aliphatic heterocycles. The number of nitrogens with two attached hydrogens (primary N) is 1. The highest BCUT2D eigenvalue weighted by molar-refractivity contribution is 7.13. The second kappa shape index (κ2) is 7.67. The molecule has 3 N–H and O–H groups in total. The first-order chi connectivity index (χ1) is 12.2. The Morgan fingerprint density at radius 3 is 3.04 bits per heavy atom. The van der Waals surface area contributed by atoms with Gasteiger partial charge in [-0.3, -0.25) is 4.90 Å². The summed E-state index contributed by atoms with van der Waals surface area (Å²) >= 11 is 1.54. The lowest BCUT2D eigenvalue weighted by Gasteiger charge is -2.29. The lowest BCUT2D eigenvalue weighted by atomic mass is 9.94. The van der Waals surface area contributed by atoms with E-state index in [1.54, 1.807) is 11.3 Å². The molecule has 0 bridgehead atoms. The molecule has 0 aliphatic carbocycles. The Labute approximate surface area is 151 Å². The number of pyridine rings is 1. The number of fused-ring (bicyclic) bond motifs is 1. The van der Waals surface area contributed by atoms with E-state index in [0.29, 0.717) is 11.4 Å². The summed E-state index contributed by atoms with van der Waals surface area (Å²) < 4.78 is 0. The highest BCUT2D eigenvalue weighted by atomic mass is 32.1. The number of hydrogen-bond acceptors (Lipinski definition) is 6. The lowest BCUT2D eigenvalue weighted by Crippen LogP contribution is -2.32. The minimum Gasteiger partial charge on any atom is -0.384 e. The van der Waals surface area contributed by atoms with Crippen LogP contribution in [-0.4, -0.2) is 34.7 Å². The fraction of sp³-hybridized carbons (Fsp3) is 0.368. The first-order valence-corrected chi connectivity index (χ1v) is 9.18. The van der Waals surface area contributed by atoms with Crippen LogP contribution in [0.5, 0.6) is 0 Å². The number of aromatic nitrogens is 1. The number of thiophene rings is 1. The van der Waals surface area contributed by atoms with E-state index in [2.05, 4.69) is 34.7 Å². The Bertz CT molecular complexity index is 885. The molecule has 0 spiro atoms. The van der Waals surface area contributed by atoms with Crippen molar-refractivity contribution in [1.82, 2.24) is 9.88 Å². The minimum atomic E-state index is -0.168. The summed E-state index contributed by atoms with van der Waals surface area (Å²) in [5.74, 6) is 5.88. The molecule has 0 aromatic carbocycles. The van der Waals surface area contributed by atoms with Crippen molar-refractivity contribution in [2.24, 2.45) is 0 Å². The van der Waals surface area contributed by atoms with Gasteiger partial charge in [0.2, 0.25) is 0 Å². The third-order valence-corrected chi connectivity index (χ3v) is 5.22. The second-order valence-electron chi connectivity index (χ2n) is 5.97. The molecule has 3 rings (SSSR count). The maximum atomic E-state index is 9.64. The third kappa shape index (κ3) is 3.52. The van der Waals surface area contributed by atoms with Crippen molar-refractivity contribution in [3.63, 3.8) is 0 Å². The predicted molar refractivity (Wildman–Crippen MR) is 99.9 cm³/mol. The summed E-state index contributed by atoms with van der Waals surface area (Å²) in [4.78, 5) is 7.86. The summed E-state index contributed by atoms with van der Waals surface area (Å²) in [7, 11) is 0. The summed E-state index contributed by atoms with van der Waals surface area (Å²) in [6.45, 7) is 4.79. The third-order valence-electron chi connectivity index (χ3n) is 4.27. The van der Waals surface area contributed by atoms with Crippen LogP contribution in [0.3, 0.4) is 0 Å². The van der Waals surface area contributed by atoms with Crippen LogP contribution < -0.4 is 5.73 Å². The highest BCUT2D eigenvalue weighted by Gasteiger charge is 2.25. The second-order valence-corrected chi connectivity index (χ2v) is 6.88. The van der Waals surface area contributed by atoms with Gasteiger partial charge in [-0.05, 0) is 24.6 Å². The van der Waals surface area contributed by atoms with Crippen LogP contribution in [0, 0.1) is 23.2 Å². The van der Waals surface area contributed by atoms with Crippen LogP contribution in [0.2, 0.25) is 0 Å². The van der Waals surface area contributed by atoms with Crippen LogP contribution in [-0.2, 0) is 13.0 Å². The summed E-state index contributed by atoms with van der Waals surface area (Å²) in [5.41, 5.74) is 10.3. The topological polar surface area (TPSA) is 86.2 Å². The van der Waals surface area contributed by atoms with Crippen molar-refractivity contribution in [3.05, 3.63) is 33.8 Å². The van der Waals surface area contributed by atoms with Crippen LogP contribution in [0.4, 0.5) is 5.82 Å². The van der Waals surface area contributed by atoms with Gasteiger partial charge in [0.05, 0.1) is 0 Å². The van der Waals surface area contributed by atoms with E-state index in [0.717, 1.165) is 59.7 Å². The molecule has 0 amide bonds. The van der Waals surface area contributed by atoms with E-state index in [-0.39, 0.29) is 6.61 Å². The van der Waals surface area contributed by atoms with Crippen molar-refractivity contribution >= 4 is 17.2 Å². The van der Waals surface area contributed by atoms with Crippen molar-refractivity contribution in [1.29, 1.82) is 5.26 Å². The van der Waals surface area contributed by atoms with Gasteiger partial charge in [-0.25, -0.2) is 4.98 Å². The Morgan fingerprint density at radius 1 is 1.48 bits per heavy atom. The van der Waals surface area contributed by atoms with E-state index in [9.17, 15) is 5.26 Å². The van der Waals surface area contributed by atoms with Gasteiger partial charge in [0.1, 0.15) is 24.1 Å². The van der Waals surface area contributed by atoms with Gasteiger partial charge in [0.25, 0.3) is 0 Å². The molecule has 25 heavy (non-hydrogen) atoms. The number of aliphatic hydroxyl groups excluding tert-OH is 1. The fourth-order valence-electron chi connectivity index (χ4n) is 3.20. The first-order valence-electron chi connectivity index (χ1n) is 8.30. The fourth-order valence-corrected chi connectivity index (χ4v) is 4.12. The molecule has 5 nitrogen and oxygen atoms in total. The van der Waals surface area contributed by atoms with Crippen molar-refractivity contribution in [2.45, 2.75) is 26.3 Å². The Balaban J connectivity index is 2.12. The maximum Gasteiger partial charge on any atom is 0.142 e. The largest absolute Gasteiger partial charge is 0.384 e. The van der Waals surface area contributed by atoms with Crippen LogP contribution in [0.25, 0.3) is 10.4 Å². The monoisotopic (exact) mass is 352 g/mol. The van der Waals surface area contributed by atoms with Crippen molar-refractivity contribution in [2.75, 3.05) is 25.4 Å². The molecule has 1 aliphatic rings. The predicted octanol–water partition coefficient (Wildman–Crippen LogP) is 2.38. The Hall–Kier alpha value is -2.38. The van der Waals surface area contributed by atoms with Gasteiger partial charge < -0.3 is 10.8 Å². The zero-order valence-electron chi connectivity index (χ0n) is 14.2. The summed E-state index contributed by atoms with van der Waals surface area (Å²) in [6, 6.07) is 4.20. The van der Waals surface area contributed by atoms with E-state index in [1.165, 1.54) is 0 Å². The number of hydrogen-bond donors (Lipinski definition) is 2. The van der Waals surface area contributed by atoms with E-state index in [1.807, 2.05) is 11.4 Å². The standard InChI is InChI=1S/C19H20N4OS/c1-2-6-23-7-5-16-15(11-23)18(14(10-20)19(21)22-16)17-9-13(12-25-17)4-3-8-24/h9,12,24H,2,5-8,11H2,1H3,(H2,21,22). The van der Waals surface area contributed by atoms with E-state index >= 15 is 0 Å². The lowest BCUT2D eigenvalue weighted by molar-refractivity contribution is 0.253. The Morgan fingerprint density at radius 2 is 2.32 bits per heavy atom. The summed E-state index contributed by atoms with van der Waals surface area (Å²) in [5, 5.41) is 20.4.